The number of carbonyl (C=O) groups excluding carboxylic acids is 1. The zero-order chi connectivity index (χ0) is 11.6. The lowest BCUT2D eigenvalue weighted by Crippen LogP contribution is -2.47. The Morgan fingerprint density at radius 3 is 2.47 bits per heavy atom. The number of hydrogen-bond acceptors (Lipinski definition) is 4. The normalized spacial score (nSPS) is 29.5. The van der Waals surface area contributed by atoms with Crippen LogP contribution in [0.3, 0.4) is 0 Å². The molecule has 1 fully saturated rings. The van der Waals surface area contributed by atoms with E-state index in [4.69, 9.17) is 4.74 Å². The first-order valence-electron chi connectivity index (χ1n) is 5.39. The van der Waals surface area contributed by atoms with Crippen LogP contribution in [-0.2, 0) is 9.53 Å². The molecular weight excluding hydrogens is 194 g/mol. The van der Waals surface area contributed by atoms with Crippen molar-refractivity contribution in [3.63, 3.8) is 0 Å². The molecule has 1 aliphatic rings. The van der Waals surface area contributed by atoms with Crippen LogP contribution in [0.4, 0.5) is 0 Å². The third-order valence-corrected chi connectivity index (χ3v) is 3.17. The van der Waals surface area contributed by atoms with Crippen molar-refractivity contribution in [1.29, 1.82) is 0 Å². The van der Waals surface area contributed by atoms with Gasteiger partial charge in [0.2, 0.25) is 0 Å². The zero-order valence-electron chi connectivity index (χ0n) is 9.99. The fraction of sp³-hybridized carbons (Fsp3) is 0.909. The molecule has 2 atom stereocenters. The molecule has 4 heteroatoms. The Morgan fingerprint density at radius 2 is 2.13 bits per heavy atom. The van der Waals surface area contributed by atoms with Crippen molar-refractivity contribution in [3.05, 3.63) is 0 Å². The number of carbonyl (C=O) groups is 1. The topological polar surface area (TPSA) is 49.8 Å². The molecule has 0 bridgehead atoms. The summed E-state index contributed by atoms with van der Waals surface area (Å²) in [5.41, 5.74) is -0.921. The molecular formula is C11H21NO3. The Balaban J connectivity index is 2.84. The quantitative estimate of drug-likeness (QED) is 0.696. The SMILES string of the molecule is COC(=O)C(C(C)C)C1(O)CCN(C)C1. The van der Waals surface area contributed by atoms with Crippen molar-refractivity contribution >= 4 is 5.97 Å². The first-order chi connectivity index (χ1) is 6.90. The maximum absolute atomic E-state index is 11.7. The van der Waals surface area contributed by atoms with E-state index < -0.39 is 11.5 Å². The van der Waals surface area contributed by atoms with Gasteiger partial charge in [-0.1, -0.05) is 13.8 Å². The minimum Gasteiger partial charge on any atom is -0.469 e. The van der Waals surface area contributed by atoms with Gasteiger partial charge in [0, 0.05) is 13.1 Å². The molecule has 1 heterocycles. The molecule has 0 aromatic carbocycles. The van der Waals surface area contributed by atoms with Crippen LogP contribution >= 0.6 is 0 Å². The average molecular weight is 215 g/mol. The minimum absolute atomic E-state index is 0.0916. The maximum atomic E-state index is 11.7. The van der Waals surface area contributed by atoms with Gasteiger partial charge >= 0.3 is 5.97 Å². The molecule has 0 radical (unpaired) electrons. The van der Waals surface area contributed by atoms with Crippen LogP contribution in [0.2, 0.25) is 0 Å². The van der Waals surface area contributed by atoms with Crippen molar-refractivity contribution in [2.24, 2.45) is 11.8 Å². The molecule has 15 heavy (non-hydrogen) atoms. The molecule has 0 aromatic rings. The summed E-state index contributed by atoms with van der Waals surface area (Å²) in [5.74, 6) is -0.635. The minimum atomic E-state index is -0.921. The molecule has 2 unspecified atom stereocenters. The Hall–Kier alpha value is -0.610. The molecule has 1 N–H and O–H groups in total. The Kier molecular flexibility index (Phi) is 3.73. The summed E-state index contributed by atoms with van der Waals surface area (Å²) >= 11 is 0. The number of nitrogens with zero attached hydrogens (tertiary/aromatic N) is 1. The van der Waals surface area contributed by atoms with Gasteiger partial charge in [0.1, 0.15) is 0 Å². The van der Waals surface area contributed by atoms with E-state index in [0.717, 1.165) is 6.54 Å². The number of esters is 1. The predicted octanol–water partition coefficient (Wildman–Crippen LogP) is 0.498. The van der Waals surface area contributed by atoms with Crippen LogP contribution in [0, 0.1) is 11.8 Å². The number of likely N-dealkylation sites (N-methyl/N-ethyl adjacent to an activating group) is 1. The van der Waals surface area contributed by atoms with Gasteiger partial charge in [-0.2, -0.15) is 0 Å². The van der Waals surface area contributed by atoms with Gasteiger partial charge in [0.25, 0.3) is 0 Å². The van der Waals surface area contributed by atoms with Crippen molar-refractivity contribution in [2.45, 2.75) is 25.9 Å². The van der Waals surface area contributed by atoms with Gasteiger partial charge in [-0.15, -0.1) is 0 Å². The summed E-state index contributed by atoms with van der Waals surface area (Å²) in [6.45, 7) is 5.26. The smallest absolute Gasteiger partial charge is 0.311 e. The van der Waals surface area contributed by atoms with Crippen LogP contribution in [-0.4, -0.2) is 48.8 Å². The van der Waals surface area contributed by atoms with Crippen LogP contribution in [0.25, 0.3) is 0 Å². The Labute approximate surface area is 91.2 Å². The highest BCUT2D eigenvalue weighted by Gasteiger charge is 2.47. The molecule has 1 rings (SSSR count). The summed E-state index contributed by atoms with van der Waals surface area (Å²) in [4.78, 5) is 13.7. The second-order valence-corrected chi connectivity index (χ2v) is 4.84. The van der Waals surface area contributed by atoms with E-state index in [9.17, 15) is 9.90 Å². The lowest BCUT2D eigenvalue weighted by Gasteiger charge is -2.33. The third kappa shape index (κ3) is 2.49. The number of β-amino-alcohol motifs (C(OH)–C–C–N with tert-alkyl or cyclic N) is 1. The fourth-order valence-corrected chi connectivity index (χ4v) is 2.50. The summed E-state index contributed by atoms with van der Waals surface area (Å²) in [5, 5.41) is 10.5. The fourth-order valence-electron chi connectivity index (χ4n) is 2.50. The second kappa shape index (κ2) is 4.49. The number of ether oxygens (including phenoxy) is 1. The maximum Gasteiger partial charge on any atom is 0.311 e. The Morgan fingerprint density at radius 1 is 1.53 bits per heavy atom. The van der Waals surface area contributed by atoms with Gasteiger partial charge in [0.05, 0.1) is 18.6 Å². The molecule has 0 amide bonds. The van der Waals surface area contributed by atoms with Crippen molar-refractivity contribution in [1.82, 2.24) is 4.90 Å². The van der Waals surface area contributed by atoms with E-state index in [-0.39, 0.29) is 11.9 Å². The summed E-state index contributed by atoms with van der Waals surface area (Å²) in [6.07, 6.45) is 0.640. The highest BCUT2D eigenvalue weighted by Crippen LogP contribution is 2.33. The number of hydrogen-bond donors (Lipinski definition) is 1. The van der Waals surface area contributed by atoms with E-state index in [1.807, 2.05) is 25.8 Å². The largest absolute Gasteiger partial charge is 0.469 e. The van der Waals surface area contributed by atoms with E-state index in [1.54, 1.807) is 0 Å². The first kappa shape index (κ1) is 12.5. The van der Waals surface area contributed by atoms with Crippen molar-refractivity contribution < 1.29 is 14.6 Å². The molecule has 0 aromatic heterocycles. The monoisotopic (exact) mass is 215 g/mol. The van der Waals surface area contributed by atoms with Crippen LogP contribution in [0.5, 0.6) is 0 Å². The molecule has 0 saturated carbocycles. The average Bonchev–Trinajstić information content (AvgIpc) is 2.45. The second-order valence-electron chi connectivity index (χ2n) is 4.84. The van der Waals surface area contributed by atoms with Crippen molar-refractivity contribution in [3.8, 4) is 0 Å². The highest BCUT2D eigenvalue weighted by molar-refractivity contribution is 5.74. The van der Waals surface area contributed by atoms with Crippen LogP contribution in [0.1, 0.15) is 20.3 Å². The number of methoxy groups -OCH3 is 1. The molecule has 88 valence electrons. The summed E-state index contributed by atoms with van der Waals surface area (Å²) < 4.78 is 4.77. The number of rotatable bonds is 3. The Bertz CT molecular complexity index is 242. The molecule has 1 saturated heterocycles. The lowest BCUT2D eigenvalue weighted by atomic mass is 9.79. The lowest BCUT2D eigenvalue weighted by molar-refractivity contribution is -0.158. The van der Waals surface area contributed by atoms with Gasteiger partial charge < -0.3 is 14.7 Å². The number of likely N-dealkylation sites (tertiary alicyclic amines) is 1. The van der Waals surface area contributed by atoms with E-state index in [1.165, 1.54) is 7.11 Å². The van der Waals surface area contributed by atoms with Gasteiger partial charge in [-0.25, -0.2) is 0 Å². The van der Waals surface area contributed by atoms with E-state index >= 15 is 0 Å². The van der Waals surface area contributed by atoms with E-state index in [0.29, 0.717) is 13.0 Å². The predicted molar refractivity (Wildman–Crippen MR) is 57.4 cm³/mol. The van der Waals surface area contributed by atoms with Gasteiger partial charge in [0.15, 0.2) is 0 Å². The highest BCUT2D eigenvalue weighted by atomic mass is 16.5. The summed E-state index contributed by atoms with van der Waals surface area (Å²) in [7, 11) is 3.33. The zero-order valence-corrected chi connectivity index (χ0v) is 9.99. The molecule has 0 spiro atoms. The molecule has 4 nitrogen and oxygen atoms in total. The van der Waals surface area contributed by atoms with Gasteiger partial charge in [-0.05, 0) is 19.4 Å². The number of aliphatic hydroxyl groups is 1. The third-order valence-electron chi connectivity index (χ3n) is 3.17. The summed E-state index contributed by atoms with van der Waals surface area (Å²) in [6, 6.07) is 0. The molecule has 0 aliphatic carbocycles. The molecule has 1 aliphatic heterocycles. The van der Waals surface area contributed by atoms with Crippen LogP contribution < -0.4 is 0 Å². The van der Waals surface area contributed by atoms with Gasteiger partial charge in [-0.3, -0.25) is 4.79 Å². The van der Waals surface area contributed by atoms with E-state index in [2.05, 4.69) is 0 Å². The van der Waals surface area contributed by atoms with Crippen molar-refractivity contribution in [2.75, 3.05) is 27.2 Å². The first-order valence-corrected chi connectivity index (χ1v) is 5.39. The van der Waals surface area contributed by atoms with Crippen LogP contribution in [0.15, 0.2) is 0 Å². The standard InChI is InChI=1S/C11H21NO3/c1-8(2)9(10(13)15-4)11(14)5-6-12(3)7-11/h8-9,14H,5-7H2,1-4H3.